The molecule has 1 aliphatic heterocycles. The van der Waals surface area contributed by atoms with Crippen LogP contribution in [0.25, 0.3) is 0 Å². The van der Waals surface area contributed by atoms with E-state index in [1.807, 2.05) is 47.4 Å². The highest BCUT2D eigenvalue weighted by Gasteiger charge is 2.25. The zero-order valence-electron chi connectivity index (χ0n) is 9.74. The number of nitrogens with zero attached hydrogens (tertiary/aromatic N) is 2. The smallest absolute Gasteiger partial charge is 0.237 e. The number of pyridine rings is 1. The van der Waals surface area contributed by atoms with Crippen LogP contribution < -0.4 is 4.90 Å². The molecule has 4 heteroatoms. The van der Waals surface area contributed by atoms with E-state index in [1.165, 1.54) is 11.8 Å². The van der Waals surface area contributed by atoms with Crippen LogP contribution >= 0.6 is 11.8 Å². The third-order valence-electron chi connectivity index (χ3n) is 2.86. The van der Waals surface area contributed by atoms with Crippen molar-refractivity contribution in [1.29, 1.82) is 0 Å². The maximum absolute atomic E-state index is 12.0. The number of amides is 1. The molecule has 2 heterocycles. The second kappa shape index (κ2) is 4.82. The molecule has 1 amide bonds. The van der Waals surface area contributed by atoms with Crippen LogP contribution in [-0.4, -0.2) is 16.6 Å². The molecule has 0 spiro atoms. The first-order valence-electron chi connectivity index (χ1n) is 5.77. The number of anilines is 1. The number of benzene rings is 1. The third-order valence-corrected chi connectivity index (χ3v) is 3.84. The lowest BCUT2D eigenvalue weighted by molar-refractivity contribution is -0.116. The van der Waals surface area contributed by atoms with Crippen molar-refractivity contribution in [2.24, 2.45) is 0 Å². The van der Waals surface area contributed by atoms with Crippen LogP contribution in [0.2, 0.25) is 0 Å². The number of thioether (sulfide) groups is 1. The average molecular weight is 256 g/mol. The summed E-state index contributed by atoms with van der Waals surface area (Å²) in [7, 11) is 0. The normalized spacial score (nSPS) is 14.4. The summed E-state index contributed by atoms with van der Waals surface area (Å²) in [6.07, 6.45) is 1.77. The second-order valence-electron chi connectivity index (χ2n) is 4.08. The van der Waals surface area contributed by atoms with E-state index in [9.17, 15) is 4.79 Å². The first kappa shape index (κ1) is 11.3. The zero-order valence-corrected chi connectivity index (χ0v) is 10.6. The molecule has 0 saturated heterocycles. The fourth-order valence-electron chi connectivity index (χ4n) is 1.98. The summed E-state index contributed by atoms with van der Waals surface area (Å²) in [4.78, 5) is 18.2. The van der Waals surface area contributed by atoms with Gasteiger partial charge in [-0.25, -0.2) is 4.98 Å². The molecule has 0 bridgehead atoms. The number of aromatic nitrogens is 1. The summed E-state index contributed by atoms with van der Waals surface area (Å²) in [6.45, 7) is 0.610. The molecule has 0 unspecified atom stereocenters. The maximum atomic E-state index is 12.0. The first-order valence-corrected chi connectivity index (χ1v) is 6.75. The van der Waals surface area contributed by atoms with Gasteiger partial charge in [-0.2, -0.15) is 0 Å². The van der Waals surface area contributed by atoms with Crippen LogP contribution in [-0.2, 0) is 11.3 Å². The van der Waals surface area contributed by atoms with Gasteiger partial charge in [-0.05, 0) is 17.7 Å². The van der Waals surface area contributed by atoms with Crippen molar-refractivity contribution in [3.63, 3.8) is 0 Å². The largest absolute Gasteiger partial charge is 0.305 e. The van der Waals surface area contributed by atoms with Crippen LogP contribution in [0.4, 0.5) is 5.69 Å². The molecule has 0 aliphatic carbocycles. The fraction of sp³-hybridized carbons (Fsp3) is 0.143. The van der Waals surface area contributed by atoms with Gasteiger partial charge in [-0.3, -0.25) is 4.79 Å². The lowest BCUT2D eigenvalue weighted by atomic mass is 10.2. The molecule has 18 heavy (non-hydrogen) atoms. The summed E-state index contributed by atoms with van der Waals surface area (Å²) in [6, 6.07) is 13.8. The topological polar surface area (TPSA) is 33.2 Å². The van der Waals surface area contributed by atoms with Gasteiger partial charge in [0.1, 0.15) is 5.03 Å². The van der Waals surface area contributed by atoms with Crippen molar-refractivity contribution in [1.82, 2.24) is 4.98 Å². The van der Waals surface area contributed by atoms with Gasteiger partial charge in [-0.1, -0.05) is 42.1 Å². The Morgan fingerprint density at radius 2 is 2.00 bits per heavy atom. The molecule has 0 saturated carbocycles. The van der Waals surface area contributed by atoms with E-state index in [4.69, 9.17) is 0 Å². The van der Waals surface area contributed by atoms with Gasteiger partial charge in [0.15, 0.2) is 0 Å². The molecule has 1 aliphatic rings. The van der Waals surface area contributed by atoms with E-state index in [0.29, 0.717) is 12.3 Å². The minimum atomic E-state index is 0.143. The molecule has 3 rings (SSSR count). The standard InChI is InChI=1S/C14H12N2OS/c17-13-10-18-14-12(7-4-8-15-14)16(13)9-11-5-2-1-3-6-11/h1-8H,9-10H2. The predicted octanol–water partition coefficient (Wildman–Crippen LogP) is 2.72. The van der Waals surface area contributed by atoms with Crippen LogP contribution in [0.15, 0.2) is 53.7 Å². The highest BCUT2D eigenvalue weighted by Crippen LogP contribution is 2.33. The molecule has 0 radical (unpaired) electrons. The molecule has 0 fully saturated rings. The van der Waals surface area contributed by atoms with E-state index in [0.717, 1.165) is 16.3 Å². The molecule has 0 atom stereocenters. The highest BCUT2D eigenvalue weighted by molar-refractivity contribution is 8.00. The number of hydrogen-bond donors (Lipinski definition) is 0. The highest BCUT2D eigenvalue weighted by atomic mass is 32.2. The first-order chi connectivity index (χ1) is 8.84. The van der Waals surface area contributed by atoms with Crippen molar-refractivity contribution >= 4 is 23.4 Å². The Labute approximate surface area is 110 Å². The lowest BCUT2D eigenvalue weighted by Gasteiger charge is -2.28. The Morgan fingerprint density at radius 1 is 1.17 bits per heavy atom. The fourth-order valence-corrected chi connectivity index (χ4v) is 2.86. The second-order valence-corrected chi connectivity index (χ2v) is 5.05. The van der Waals surface area contributed by atoms with Gasteiger partial charge in [0.2, 0.25) is 5.91 Å². The quantitative estimate of drug-likeness (QED) is 0.828. The number of fused-ring (bicyclic) bond motifs is 1. The minimum absolute atomic E-state index is 0.143. The van der Waals surface area contributed by atoms with Gasteiger partial charge in [-0.15, -0.1) is 0 Å². The summed E-state index contributed by atoms with van der Waals surface area (Å²) in [5, 5.41) is 0.938. The Kier molecular flexibility index (Phi) is 3.02. The number of carbonyl (C=O) groups excluding carboxylic acids is 1. The zero-order chi connectivity index (χ0) is 12.4. The van der Waals surface area contributed by atoms with E-state index < -0.39 is 0 Å². The molecular formula is C14H12N2OS. The Balaban J connectivity index is 1.94. The molecule has 90 valence electrons. The Hall–Kier alpha value is -1.81. The number of carbonyl (C=O) groups is 1. The summed E-state index contributed by atoms with van der Waals surface area (Å²) >= 11 is 1.51. The average Bonchev–Trinajstić information content (AvgIpc) is 2.43. The summed E-state index contributed by atoms with van der Waals surface area (Å²) in [5.41, 5.74) is 2.05. The number of rotatable bonds is 2. The van der Waals surface area contributed by atoms with Gasteiger partial charge >= 0.3 is 0 Å². The van der Waals surface area contributed by atoms with Crippen molar-refractivity contribution in [3.8, 4) is 0 Å². The van der Waals surface area contributed by atoms with E-state index >= 15 is 0 Å². The maximum Gasteiger partial charge on any atom is 0.237 e. The summed E-state index contributed by atoms with van der Waals surface area (Å²) in [5.74, 6) is 0.612. The van der Waals surface area contributed by atoms with Crippen LogP contribution in [0.1, 0.15) is 5.56 Å². The minimum Gasteiger partial charge on any atom is -0.305 e. The van der Waals surface area contributed by atoms with Crippen LogP contribution in [0, 0.1) is 0 Å². The Morgan fingerprint density at radius 3 is 2.83 bits per heavy atom. The van der Waals surface area contributed by atoms with Gasteiger partial charge in [0.25, 0.3) is 0 Å². The van der Waals surface area contributed by atoms with E-state index in [-0.39, 0.29) is 5.91 Å². The monoisotopic (exact) mass is 256 g/mol. The van der Waals surface area contributed by atoms with E-state index in [2.05, 4.69) is 4.98 Å². The molecule has 3 nitrogen and oxygen atoms in total. The predicted molar refractivity (Wildman–Crippen MR) is 72.6 cm³/mol. The van der Waals surface area contributed by atoms with Gasteiger partial charge in [0, 0.05) is 6.20 Å². The van der Waals surface area contributed by atoms with Crippen LogP contribution in [0.5, 0.6) is 0 Å². The van der Waals surface area contributed by atoms with E-state index in [1.54, 1.807) is 6.20 Å². The van der Waals surface area contributed by atoms with Crippen molar-refractivity contribution in [2.45, 2.75) is 11.6 Å². The summed E-state index contributed by atoms with van der Waals surface area (Å²) < 4.78 is 0. The van der Waals surface area contributed by atoms with Gasteiger partial charge < -0.3 is 4.90 Å². The van der Waals surface area contributed by atoms with Crippen molar-refractivity contribution in [2.75, 3.05) is 10.7 Å². The molecule has 2 aromatic rings. The molecule has 0 N–H and O–H groups in total. The lowest BCUT2D eigenvalue weighted by Crippen LogP contribution is -2.35. The molecule has 1 aromatic carbocycles. The van der Waals surface area contributed by atoms with Crippen molar-refractivity contribution in [3.05, 3.63) is 54.2 Å². The third kappa shape index (κ3) is 2.11. The Bertz CT molecular complexity index is 571. The van der Waals surface area contributed by atoms with Crippen molar-refractivity contribution < 1.29 is 4.79 Å². The number of hydrogen-bond acceptors (Lipinski definition) is 3. The molecular weight excluding hydrogens is 244 g/mol. The molecule has 1 aromatic heterocycles. The van der Waals surface area contributed by atoms with Crippen LogP contribution in [0.3, 0.4) is 0 Å². The SMILES string of the molecule is O=C1CSc2ncccc2N1Cc1ccccc1. The van der Waals surface area contributed by atoms with Gasteiger partial charge in [0.05, 0.1) is 18.0 Å².